The highest BCUT2D eigenvalue weighted by atomic mass is 32.2. The minimum atomic E-state index is -3.53. The van der Waals surface area contributed by atoms with Crippen LogP contribution in [0.5, 0.6) is 0 Å². The Morgan fingerprint density at radius 1 is 1.42 bits per heavy atom. The highest BCUT2D eigenvalue weighted by Gasteiger charge is 2.53. The number of hydrogen-bond donors (Lipinski definition) is 4. The summed E-state index contributed by atoms with van der Waals surface area (Å²) in [5.41, 5.74) is -1.19. The van der Waals surface area contributed by atoms with Crippen molar-refractivity contribution in [1.82, 2.24) is 24.4 Å². The number of hydrazine groups is 1. The standard InChI is InChI=1S/C13H20N6O6S/c1-13(22)9(21)7(4-20)25-12(13)19-6-16-8-10(14-5-15-11(8)19)18(2)17-26(3,23)24/h5-7,9,12,17,20-22H,4H2,1-3H3/t7-,9?,12-,13+/m1/s1. The molecule has 0 spiro atoms. The van der Waals surface area contributed by atoms with Gasteiger partial charge >= 0.3 is 0 Å². The fourth-order valence-corrected chi connectivity index (χ4v) is 3.52. The molecule has 144 valence electrons. The van der Waals surface area contributed by atoms with E-state index in [1.165, 1.54) is 36.2 Å². The molecule has 3 heterocycles. The zero-order valence-corrected chi connectivity index (χ0v) is 15.1. The third kappa shape index (κ3) is 3.13. The second-order valence-electron chi connectivity index (χ2n) is 6.32. The third-order valence-corrected chi connectivity index (χ3v) is 4.75. The molecular formula is C13H20N6O6S. The summed E-state index contributed by atoms with van der Waals surface area (Å²) in [5, 5.41) is 31.2. The van der Waals surface area contributed by atoms with Crippen molar-refractivity contribution in [2.24, 2.45) is 0 Å². The van der Waals surface area contributed by atoms with Crippen molar-refractivity contribution in [3.63, 3.8) is 0 Å². The lowest BCUT2D eigenvalue weighted by molar-refractivity contribution is -0.0950. The molecule has 2 aromatic rings. The van der Waals surface area contributed by atoms with Crippen LogP contribution >= 0.6 is 0 Å². The molecule has 0 amide bonds. The second kappa shape index (κ2) is 6.37. The number of rotatable bonds is 5. The van der Waals surface area contributed by atoms with Gasteiger partial charge in [-0.1, -0.05) is 0 Å². The van der Waals surface area contributed by atoms with Crippen molar-refractivity contribution in [2.45, 2.75) is 31.0 Å². The average molecular weight is 388 g/mol. The number of fused-ring (bicyclic) bond motifs is 1. The second-order valence-corrected chi connectivity index (χ2v) is 8.05. The van der Waals surface area contributed by atoms with Crippen molar-refractivity contribution in [1.29, 1.82) is 0 Å². The number of aliphatic hydroxyl groups is 3. The van der Waals surface area contributed by atoms with E-state index in [1.807, 2.05) is 0 Å². The summed E-state index contributed by atoms with van der Waals surface area (Å²) >= 11 is 0. The molecule has 13 heteroatoms. The molecule has 3 rings (SSSR count). The molecular weight excluding hydrogens is 368 g/mol. The number of aromatic nitrogens is 4. The lowest BCUT2D eigenvalue weighted by atomic mass is 9.96. The number of nitrogens with zero attached hydrogens (tertiary/aromatic N) is 5. The zero-order valence-electron chi connectivity index (χ0n) is 14.3. The van der Waals surface area contributed by atoms with Gasteiger partial charge in [0.2, 0.25) is 10.0 Å². The fraction of sp³-hybridized carbons (Fsp3) is 0.615. The number of imidazole rings is 1. The minimum absolute atomic E-state index is 0.191. The summed E-state index contributed by atoms with van der Waals surface area (Å²) in [7, 11) is -2.08. The Hall–Kier alpha value is -1.90. The highest BCUT2D eigenvalue weighted by molar-refractivity contribution is 7.88. The van der Waals surface area contributed by atoms with Gasteiger partial charge in [0.05, 0.1) is 19.2 Å². The van der Waals surface area contributed by atoms with E-state index in [2.05, 4.69) is 19.8 Å². The van der Waals surface area contributed by atoms with Crippen LogP contribution in [0.25, 0.3) is 11.2 Å². The van der Waals surface area contributed by atoms with Crippen molar-refractivity contribution in [3.05, 3.63) is 12.7 Å². The lowest BCUT2D eigenvalue weighted by Crippen LogP contribution is -2.44. The van der Waals surface area contributed by atoms with Gasteiger partial charge < -0.3 is 20.1 Å². The number of anilines is 1. The molecule has 1 aliphatic rings. The van der Waals surface area contributed by atoms with Gasteiger partial charge in [-0.25, -0.2) is 23.4 Å². The van der Waals surface area contributed by atoms with E-state index in [1.54, 1.807) is 0 Å². The van der Waals surface area contributed by atoms with Crippen LogP contribution in [0.2, 0.25) is 0 Å². The normalized spacial score (nSPS) is 29.4. The van der Waals surface area contributed by atoms with E-state index in [4.69, 9.17) is 4.74 Å². The Balaban J connectivity index is 2.04. The summed E-state index contributed by atoms with van der Waals surface area (Å²) in [6.07, 6.45) is 0.202. The summed E-state index contributed by atoms with van der Waals surface area (Å²) < 4.78 is 29.8. The van der Waals surface area contributed by atoms with Gasteiger partial charge in [-0.2, -0.15) is 0 Å². The first-order valence-corrected chi connectivity index (χ1v) is 9.51. The predicted octanol–water partition coefficient (Wildman–Crippen LogP) is -2.27. The zero-order chi connectivity index (χ0) is 19.3. The first kappa shape index (κ1) is 18.9. The first-order chi connectivity index (χ1) is 12.1. The monoisotopic (exact) mass is 388 g/mol. The fourth-order valence-electron chi connectivity index (χ4n) is 2.94. The van der Waals surface area contributed by atoms with Crippen molar-refractivity contribution < 1.29 is 28.5 Å². The summed E-state index contributed by atoms with van der Waals surface area (Å²) in [6.45, 7) is 0.908. The van der Waals surface area contributed by atoms with E-state index in [0.29, 0.717) is 0 Å². The molecule has 12 nitrogen and oxygen atoms in total. The van der Waals surface area contributed by atoms with Gasteiger partial charge in [0, 0.05) is 7.05 Å². The molecule has 4 atom stereocenters. The Morgan fingerprint density at radius 2 is 2.12 bits per heavy atom. The number of hydrogen-bond acceptors (Lipinski definition) is 10. The topological polar surface area (TPSA) is 163 Å². The van der Waals surface area contributed by atoms with Crippen LogP contribution < -0.4 is 9.84 Å². The Kier molecular flexibility index (Phi) is 4.62. The van der Waals surface area contributed by atoms with Gasteiger partial charge in [-0.3, -0.25) is 9.58 Å². The lowest BCUT2D eigenvalue weighted by Gasteiger charge is -2.27. The maximum atomic E-state index is 11.4. The smallest absolute Gasteiger partial charge is 0.225 e. The van der Waals surface area contributed by atoms with Crippen LogP contribution in [-0.2, 0) is 14.8 Å². The van der Waals surface area contributed by atoms with E-state index in [0.717, 1.165) is 6.26 Å². The molecule has 1 unspecified atom stereocenters. The van der Waals surface area contributed by atoms with Crippen LogP contribution in [0.4, 0.5) is 5.82 Å². The van der Waals surface area contributed by atoms with Crippen molar-refractivity contribution in [3.8, 4) is 0 Å². The van der Waals surface area contributed by atoms with Gasteiger partial charge in [-0.15, -0.1) is 4.83 Å². The Labute approximate surface area is 149 Å². The number of aliphatic hydroxyl groups excluding tert-OH is 2. The molecule has 4 N–H and O–H groups in total. The first-order valence-electron chi connectivity index (χ1n) is 7.61. The molecule has 0 radical (unpaired) electrons. The van der Waals surface area contributed by atoms with Gasteiger partial charge in [0.25, 0.3) is 0 Å². The molecule has 26 heavy (non-hydrogen) atoms. The van der Waals surface area contributed by atoms with E-state index in [-0.39, 0.29) is 17.0 Å². The molecule has 1 saturated heterocycles. The predicted molar refractivity (Wildman–Crippen MR) is 89.3 cm³/mol. The summed E-state index contributed by atoms with van der Waals surface area (Å²) in [5.74, 6) is 0.191. The van der Waals surface area contributed by atoms with E-state index in [9.17, 15) is 23.7 Å². The Morgan fingerprint density at radius 3 is 2.69 bits per heavy atom. The van der Waals surface area contributed by atoms with E-state index >= 15 is 0 Å². The molecule has 0 saturated carbocycles. The summed E-state index contributed by atoms with van der Waals surface area (Å²) in [6, 6.07) is 0. The van der Waals surface area contributed by atoms with Crippen LogP contribution in [0.1, 0.15) is 13.2 Å². The SMILES string of the molecule is CN(NS(C)(=O)=O)c1ncnc2c1ncn2[C@@H]1O[C@H](CO)C(O)[C@]1(C)O. The largest absolute Gasteiger partial charge is 0.394 e. The maximum absolute atomic E-state index is 11.4. The van der Waals surface area contributed by atoms with Gasteiger partial charge in [0.1, 0.15) is 24.1 Å². The van der Waals surface area contributed by atoms with Gasteiger partial charge in [0.15, 0.2) is 23.2 Å². The molecule has 0 bridgehead atoms. The average Bonchev–Trinajstić information content (AvgIpc) is 3.05. The summed E-state index contributed by atoms with van der Waals surface area (Å²) in [4.78, 5) is 14.6. The van der Waals surface area contributed by atoms with Crippen LogP contribution in [0.3, 0.4) is 0 Å². The molecule has 0 aliphatic carbocycles. The maximum Gasteiger partial charge on any atom is 0.225 e. The van der Waals surface area contributed by atoms with Crippen LogP contribution in [0, 0.1) is 0 Å². The number of nitrogens with one attached hydrogen (secondary N) is 1. The molecule has 1 fully saturated rings. The minimum Gasteiger partial charge on any atom is -0.394 e. The van der Waals surface area contributed by atoms with Crippen LogP contribution in [-0.4, -0.2) is 81.0 Å². The Bertz CT molecular complexity index is 915. The van der Waals surface area contributed by atoms with Crippen molar-refractivity contribution in [2.75, 3.05) is 24.9 Å². The van der Waals surface area contributed by atoms with Crippen molar-refractivity contribution >= 4 is 27.0 Å². The highest BCUT2D eigenvalue weighted by Crippen LogP contribution is 2.39. The quantitative estimate of drug-likeness (QED) is 0.411. The molecule has 2 aromatic heterocycles. The van der Waals surface area contributed by atoms with Crippen LogP contribution in [0.15, 0.2) is 12.7 Å². The number of ether oxygens (including phenoxy) is 1. The number of sulfonamides is 1. The molecule has 0 aromatic carbocycles. The van der Waals surface area contributed by atoms with Gasteiger partial charge in [-0.05, 0) is 6.92 Å². The third-order valence-electron chi connectivity index (χ3n) is 4.15. The van der Waals surface area contributed by atoms with E-state index < -0.39 is 40.7 Å². The molecule has 1 aliphatic heterocycles.